The third-order valence-electron chi connectivity index (χ3n) is 11.3. The van der Waals surface area contributed by atoms with E-state index in [4.69, 9.17) is 0 Å². The highest BCUT2D eigenvalue weighted by Crippen LogP contribution is 2.48. The quantitative estimate of drug-likeness (QED) is 0.103. The van der Waals surface area contributed by atoms with Gasteiger partial charge in [0.05, 0.1) is 11.4 Å². The molecule has 0 spiro atoms. The largest absolute Gasteiger partial charge is 0.268 e. The molecule has 7 aromatic rings. The molecule has 4 amide bonds. The molecule has 9 rings (SSSR count). The summed E-state index contributed by atoms with van der Waals surface area (Å²) in [6, 6.07) is 27.1. The number of anilines is 2. The fourth-order valence-electron chi connectivity index (χ4n) is 8.90. The van der Waals surface area contributed by atoms with Crippen molar-refractivity contribution < 1.29 is 19.2 Å². The normalized spacial score (nSPS) is 14.7. The number of hydrogen-bond acceptors (Lipinski definition) is 4. The van der Waals surface area contributed by atoms with E-state index in [1.54, 1.807) is 0 Å². The first-order chi connectivity index (χ1) is 24.9. The Hall–Kier alpha value is -5.88. The first kappa shape index (κ1) is 32.1. The van der Waals surface area contributed by atoms with Crippen LogP contribution in [0.1, 0.15) is 123 Å². The lowest BCUT2D eigenvalue weighted by molar-refractivity contribution is 0.0877. The van der Waals surface area contributed by atoms with E-state index in [-0.39, 0.29) is 41.4 Å². The van der Waals surface area contributed by atoms with E-state index < -0.39 is 0 Å². The minimum atomic E-state index is -0.341. The third-order valence-corrected chi connectivity index (χ3v) is 11.3. The number of benzene rings is 7. The number of para-hydroxylation sites is 2. The van der Waals surface area contributed by atoms with E-state index in [2.05, 4.69) is 41.5 Å². The van der Waals surface area contributed by atoms with Crippen LogP contribution in [0.3, 0.4) is 0 Å². The minimum absolute atomic E-state index is 0.101. The number of aryl methyl sites for hydroxylation is 1. The van der Waals surface area contributed by atoms with Crippen molar-refractivity contribution in [1.82, 2.24) is 0 Å². The second-order valence-corrected chi connectivity index (χ2v) is 15.3. The molecule has 2 aliphatic heterocycles. The van der Waals surface area contributed by atoms with Gasteiger partial charge < -0.3 is 0 Å². The minimum Gasteiger partial charge on any atom is -0.268 e. The molecule has 0 N–H and O–H groups in total. The van der Waals surface area contributed by atoms with Crippen LogP contribution in [0.2, 0.25) is 0 Å². The van der Waals surface area contributed by atoms with Gasteiger partial charge >= 0.3 is 0 Å². The zero-order valence-electron chi connectivity index (χ0n) is 30.3. The van der Waals surface area contributed by atoms with Crippen molar-refractivity contribution in [3.8, 4) is 0 Å². The monoisotopic (exact) mass is 682 g/mol. The summed E-state index contributed by atoms with van der Waals surface area (Å²) in [4.78, 5) is 60.8. The Balaban J connectivity index is 1.29. The molecule has 2 heterocycles. The highest BCUT2D eigenvalue weighted by molar-refractivity contribution is 6.45. The SMILES string of the molecule is Cc1cccc(C(C)C)c1N1C(=O)c2ccc3c4ccc5c6c(ccc(c7ccc(c2c37)C1=O)c64)C(=O)N(c1c(C(C)C)cccc1C(C)C)C5=O. The van der Waals surface area contributed by atoms with Crippen molar-refractivity contribution in [2.75, 3.05) is 9.80 Å². The van der Waals surface area contributed by atoms with E-state index in [0.717, 1.165) is 54.6 Å². The van der Waals surface area contributed by atoms with Crippen molar-refractivity contribution in [1.29, 1.82) is 0 Å². The van der Waals surface area contributed by atoms with E-state index in [0.29, 0.717) is 44.4 Å². The van der Waals surface area contributed by atoms with Crippen LogP contribution >= 0.6 is 0 Å². The predicted octanol–water partition coefficient (Wildman–Crippen LogP) is 11.0. The Bertz CT molecular complexity index is 2620. The molecule has 0 radical (unpaired) electrons. The molecule has 2 aliphatic rings. The number of carbonyl (C=O) groups is 4. The van der Waals surface area contributed by atoms with Gasteiger partial charge in [-0.15, -0.1) is 0 Å². The Morgan fingerprint density at radius 2 is 0.692 bits per heavy atom. The van der Waals surface area contributed by atoms with Gasteiger partial charge in [-0.3, -0.25) is 19.2 Å². The Morgan fingerprint density at radius 3 is 1.04 bits per heavy atom. The molecule has 0 bridgehead atoms. The lowest BCUT2D eigenvalue weighted by Crippen LogP contribution is -2.42. The number of imide groups is 2. The zero-order valence-corrected chi connectivity index (χ0v) is 30.3. The van der Waals surface area contributed by atoms with Crippen LogP contribution in [-0.2, 0) is 0 Å². The summed E-state index contributed by atoms with van der Waals surface area (Å²) >= 11 is 0. The molecule has 256 valence electrons. The fraction of sp³-hybridized carbons (Fsp3) is 0.217. The second kappa shape index (κ2) is 11.1. The third kappa shape index (κ3) is 4.06. The average Bonchev–Trinajstić information content (AvgIpc) is 3.12. The van der Waals surface area contributed by atoms with Gasteiger partial charge in [-0.25, -0.2) is 9.80 Å². The summed E-state index contributed by atoms with van der Waals surface area (Å²) in [5, 5.41) is 6.44. The summed E-state index contributed by atoms with van der Waals surface area (Å²) in [5.41, 5.74) is 6.99. The van der Waals surface area contributed by atoms with Crippen LogP contribution in [0, 0.1) is 6.92 Å². The van der Waals surface area contributed by atoms with Gasteiger partial charge in [0.1, 0.15) is 0 Å². The van der Waals surface area contributed by atoms with Crippen LogP contribution < -0.4 is 9.80 Å². The maximum atomic E-state index is 14.6. The van der Waals surface area contributed by atoms with Crippen LogP contribution in [0.4, 0.5) is 11.4 Å². The molecule has 6 heteroatoms. The highest BCUT2D eigenvalue weighted by Gasteiger charge is 2.40. The van der Waals surface area contributed by atoms with Gasteiger partial charge in [-0.2, -0.15) is 0 Å². The summed E-state index contributed by atoms with van der Waals surface area (Å²) in [6.45, 7) is 14.4. The molecule has 0 saturated carbocycles. The lowest BCUT2D eigenvalue weighted by Gasteiger charge is -2.33. The smallest absolute Gasteiger partial charge is 0.266 e. The molecular weight excluding hydrogens is 645 g/mol. The molecule has 0 fully saturated rings. The van der Waals surface area contributed by atoms with Crippen molar-refractivity contribution >= 4 is 78.1 Å². The van der Waals surface area contributed by atoms with E-state index in [1.807, 2.05) is 91.9 Å². The van der Waals surface area contributed by atoms with Gasteiger partial charge in [0.25, 0.3) is 23.6 Å². The highest BCUT2D eigenvalue weighted by atomic mass is 16.2. The maximum Gasteiger partial charge on any atom is 0.266 e. The molecule has 0 unspecified atom stereocenters. The second-order valence-electron chi connectivity index (χ2n) is 15.3. The van der Waals surface area contributed by atoms with Crippen molar-refractivity contribution in [2.24, 2.45) is 0 Å². The van der Waals surface area contributed by atoms with Gasteiger partial charge in [-0.05, 0) is 104 Å². The van der Waals surface area contributed by atoms with Gasteiger partial charge in [0.2, 0.25) is 0 Å². The topological polar surface area (TPSA) is 74.8 Å². The van der Waals surface area contributed by atoms with Gasteiger partial charge in [0, 0.05) is 33.0 Å². The fourth-order valence-corrected chi connectivity index (χ4v) is 8.90. The summed E-state index contributed by atoms with van der Waals surface area (Å²) in [5.74, 6) is -1.03. The van der Waals surface area contributed by atoms with E-state index in [9.17, 15) is 19.2 Å². The first-order valence-electron chi connectivity index (χ1n) is 18.1. The number of carbonyl (C=O) groups excluding carboxylic acids is 4. The van der Waals surface area contributed by atoms with Crippen LogP contribution in [0.5, 0.6) is 0 Å². The van der Waals surface area contributed by atoms with E-state index in [1.165, 1.54) is 9.80 Å². The maximum absolute atomic E-state index is 14.6. The molecule has 0 aromatic heterocycles. The summed E-state index contributed by atoms with van der Waals surface area (Å²) in [6.07, 6.45) is 0. The number of hydrogen-bond donors (Lipinski definition) is 0. The lowest BCUT2D eigenvalue weighted by atomic mass is 9.81. The molecular formula is C46H38N2O4. The first-order valence-corrected chi connectivity index (χ1v) is 18.1. The molecule has 7 aromatic carbocycles. The van der Waals surface area contributed by atoms with Gasteiger partial charge in [-0.1, -0.05) is 102 Å². The van der Waals surface area contributed by atoms with Crippen molar-refractivity contribution in [2.45, 2.75) is 66.2 Å². The summed E-state index contributed by atoms with van der Waals surface area (Å²) in [7, 11) is 0. The van der Waals surface area contributed by atoms with Gasteiger partial charge in [0.15, 0.2) is 0 Å². The van der Waals surface area contributed by atoms with Crippen LogP contribution in [0.15, 0.2) is 84.9 Å². The predicted molar refractivity (Wildman–Crippen MR) is 210 cm³/mol. The number of rotatable bonds is 5. The molecule has 52 heavy (non-hydrogen) atoms. The zero-order chi connectivity index (χ0) is 36.5. The molecule has 6 nitrogen and oxygen atoms in total. The van der Waals surface area contributed by atoms with Crippen molar-refractivity contribution in [3.63, 3.8) is 0 Å². The van der Waals surface area contributed by atoms with Crippen LogP contribution in [0.25, 0.3) is 43.1 Å². The Morgan fingerprint density at radius 1 is 0.385 bits per heavy atom. The average molecular weight is 683 g/mol. The Kier molecular flexibility index (Phi) is 6.82. The van der Waals surface area contributed by atoms with Crippen LogP contribution in [-0.4, -0.2) is 23.6 Å². The summed E-state index contributed by atoms with van der Waals surface area (Å²) < 4.78 is 0. The number of fused-ring (bicyclic) bond motifs is 2. The Labute approximate surface area is 302 Å². The van der Waals surface area contributed by atoms with E-state index >= 15 is 0 Å². The standard InChI is InChI=1S/C46H38N2O4/c1-22(2)26-11-8-10-25(7)41(26)47-43(49)33-18-14-29-31-16-20-35-40-36(21-17-32(38(31)40)30-15-19-34(44(47)50)39(33)37(29)30)46(52)48(45(35)51)42-27(23(3)4)12-9-13-28(42)24(5)6/h8-24H,1-7H3. The number of nitrogens with zero attached hydrogens (tertiary/aromatic N) is 2. The molecule has 0 aliphatic carbocycles. The number of amides is 4. The molecule has 0 atom stereocenters. The molecule has 0 saturated heterocycles. The van der Waals surface area contributed by atoms with Crippen molar-refractivity contribution in [3.05, 3.63) is 129 Å².